The van der Waals surface area contributed by atoms with Crippen molar-refractivity contribution in [3.05, 3.63) is 99.0 Å². The molecule has 3 fully saturated rings. The summed E-state index contributed by atoms with van der Waals surface area (Å²) in [5, 5.41) is 18.0. The predicted molar refractivity (Wildman–Crippen MR) is 183 cm³/mol. The molecule has 3 unspecified atom stereocenters. The summed E-state index contributed by atoms with van der Waals surface area (Å²) in [5.74, 6) is -0.647. The van der Waals surface area contributed by atoms with Crippen molar-refractivity contribution < 1.29 is 36.2 Å². The van der Waals surface area contributed by atoms with Gasteiger partial charge in [0.1, 0.15) is 5.75 Å². The zero-order valence-electron chi connectivity index (χ0n) is 27.2. The third kappa shape index (κ3) is 7.35. The molecule has 50 heavy (non-hydrogen) atoms. The molecule has 3 atom stereocenters. The zero-order valence-corrected chi connectivity index (χ0v) is 29.5. The molecule has 3 aromatic rings. The second-order valence-electron chi connectivity index (χ2n) is 12.6. The minimum absolute atomic E-state index is 0.00469. The van der Waals surface area contributed by atoms with Crippen LogP contribution in [0.3, 0.4) is 0 Å². The van der Waals surface area contributed by atoms with Gasteiger partial charge in [0.05, 0.1) is 30.4 Å². The Morgan fingerprint density at radius 2 is 1.46 bits per heavy atom. The minimum Gasteiger partial charge on any atom is -0.493 e. The number of β-amino-alcohol motifs (C(OH)–C–C–N with tert-alkyl or cyclic N) is 1. The molecule has 10 nitrogen and oxygen atoms in total. The molecule has 0 bridgehead atoms. The molecule has 3 saturated heterocycles. The van der Waals surface area contributed by atoms with Gasteiger partial charge in [-0.2, -0.15) is 30.2 Å². The van der Waals surface area contributed by atoms with Gasteiger partial charge < -0.3 is 14.7 Å². The molecule has 3 heterocycles. The molecule has 0 spiro atoms. The van der Waals surface area contributed by atoms with Crippen LogP contribution in [0.5, 0.6) is 5.75 Å². The van der Waals surface area contributed by atoms with E-state index in [2.05, 4.69) is 10.6 Å². The number of alkyl halides is 3. The van der Waals surface area contributed by atoms with Crippen LogP contribution in [0.2, 0.25) is 10.0 Å². The molecule has 3 N–H and O–H groups in total. The summed E-state index contributed by atoms with van der Waals surface area (Å²) in [6.07, 6.45) is -4.34. The number of halogens is 5. The Morgan fingerprint density at radius 3 is 1.96 bits per heavy atom. The van der Waals surface area contributed by atoms with E-state index in [-0.39, 0.29) is 50.6 Å². The Balaban J connectivity index is 1.41. The standard InChI is InChI=1S/C34H38Cl2F3N5O5S/c1-2-49-29-20-24(34(37,38)39)9-14-28(29)33(32(46)42-16-18-43(19-17-42)50(47,48)44-15-3-4-27(45)21-44)40-30(22-5-10-25(35)11-6-22)31(41-33)23-7-12-26(36)13-8-23/h5-14,20,27,30-31,40-41,45H,2-4,15-19,21H2,1H3. The maximum atomic E-state index is 15.0. The lowest BCUT2D eigenvalue weighted by atomic mass is 9.94. The van der Waals surface area contributed by atoms with Crippen LogP contribution < -0.4 is 15.4 Å². The number of carbonyl (C=O) groups excluding carboxylic acids is 1. The summed E-state index contributed by atoms with van der Waals surface area (Å²) >= 11 is 12.4. The van der Waals surface area contributed by atoms with E-state index in [1.54, 1.807) is 31.2 Å². The number of hydrogen-bond donors (Lipinski definition) is 3. The smallest absolute Gasteiger partial charge is 0.416 e. The number of nitrogens with one attached hydrogen (secondary N) is 2. The number of benzene rings is 3. The van der Waals surface area contributed by atoms with Crippen LogP contribution in [-0.4, -0.2) is 84.9 Å². The Kier molecular flexibility index (Phi) is 10.7. The van der Waals surface area contributed by atoms with Crippen LogP contribution in [0.1, 0.15) is 54.1 Å². The van der Waals surface area contributed by atoms with Gasteiger partial charge in [-0.05, 0) is 67.3 Å². The summed E-state index contributed by atoms with van der Waals surface area (Å²) in [7, 11) is -3.89. The molecule has 3 aliphatic heterocycles. The Labute approximate surface area is 299 Å². The van der Waals surface area contributed by atoms with Crippen molar-refractivity contribution in [1.29, 1.82) is 0 Å². The highest BCUT2D eigenvalue weighted by atomic mass is 35.5. The first kappa shape index (κ1) is 36.8. The van der Waals surface area contributed by atoms with Crippen molar-refractivity contribution in [2.45, 2.75) is 49.8 Å². The van der Waals surface area contributed by atoms with Gasteiger partial charge in [-0.3, -0.25) is 15.4 Å². The largest absolute Gasteiger partial charge is 0.493 e. The first-order valence-electron chi connectivity index (χ1n) is 16.4. The van der Waals surface area contributed by atoms with Crippen molar-refractivity contribution in [3.8, 4) is 5.75 Å². The van der Waals surface area contributed by atoms with E-state index in [0.29, 0.717) is 29.4 Å². The van der Waals surface area contributed by atoms with Gasteiger partial charge in [0.15, 0.2) is 5.66 Å². The monoisotopic (exact) mass is 755 g/mol. The maximum Gasteiger partial charge on any atom is 0.416 e. The van der Waals surface area contributed by atoms with E-state index >= 15 is 0 Å². The Hall–Kier alpha value is -2.95. The van der Waals surface area contributed by atoms with Gasteiger partial charge in [-0.25, -0.2) is 0 Å². The lowest BCUT2D eigenvalue weighted by Gasteiger charge is -2.41. The van der Waals surface area contributed by atoms with Crippen molar-refractivity contribution in [2.24, 2.45) is 0 Å². The molecule has 0 aromatic heterocycles. The number of rotatable bonds is 8. The number of ether oxygens (including phenoxy) is 1. The van der Waals surface area contributed by atoms with Crippen molar-refractivity contribution >= 4 is 39.3 Å². The van der Waals surface area contributed by atoms with Crippen LogP contribution >= 0.6 is 23.2 Å². The second kappa shape index (κ2) is 14.6. The van der Waals surface area contributed by atoms with E-state index in [0.717, 1.165) is 23.3 Å². The number of carbonyl (C=O) groups is 1. The lowest BCUT2D eigenvalue weighted by molar-refractivity contribution is -0.141. The minimum atomic E-state index is -4.66. The van der Waals surface area contributed by atoms with E-state index in [1.807, 2.05) is 24.3 Å². The highest BCUT2D eigenvalue weighted by molar-refractivity contribution is 7.86. The molecule has 3 aliphatic rings. The summed E-state index contributed by atoms with van der Waals surface area (Å²) in [4.78, 5) is 16.5. The van der Waals surface area contributed by atoms with E-state index < -0.39 is 51.7 Å². The highest BCUT2D eigenvalue weighted by Gasteiger charge is 2.55. The molecular weight excluding hydrogens is 718 g/mol. The van der Waals surface area contributed by atoms with Crippen LogP contribution in [0.4, 0.5) is 13.2 Å². The van der Waals surface area contributed by atoms with Gasteiger partial charge >= 0.3 is 6.18 Å². The fraction of sp³-hybridized carbons (Fsp3) is 0.441. The predicted octanol–water partition coefficient (Wildman–Crippen LogP) is 5.08. The number of hydrogen-bond acceptors (Lipinski definition) is 7. The SMILES string of the molecule is CCOc1cc(C(F)(F)F)ccc1C1(C(=O)N2CCN(S(=O)(=O)N3CCCC(O)C3)CC2)NC(c2ccc(Cl)cc2)C(c2ccc(Cl)cc2)N1. The number of amides is 1. The Bertz CT molecular complexity index is 1740. The van der Waals surface area contributed by atoms with Crippen molar-refractivity contribution in [2.75, 3.05) is 45.9 Å². The second-order valence-corrected chi connectivity index (χ2v) is 15.4. The normalized spacial score (nSPS) is 25.5. The number of piperidine rings is 1. The molecule has 0 radical (unpaired) electrons. The van der Waals surface area contributed by atoms with Crippen LogP contribution in [0.15, 0.2) is 66.7 Å². The lowest BCUT2D eigenvalue weighted by Crippen LogP contribution is -2.63. The number of aliphatic hydroxyl groups is 1. The van der Waals surface area contributed by atoms with Crippen LogP contribution in [0, 0.1) is 0 Å². The summed E-state index contributed by atoms with van der Waals surface area (Å²) in [5.41, 5.74) is -1.11. The molecule has 6 rings (SSSR count). The van der Waals surface area contributed by atoms with Gasteiger partial charge in [0.25, 0.3) is 16.1 Å². The number of nitrogens with zero attached hydrogens (tertiary/aromatic N) is 3. The van der Waals surface area contributed by atoms with Crippen molar-refractivity contribution in [1.82, 2.24) is 24.1 Å². The molecule has 270 valence electrons. The first-order valence-corrected chi connectivity index (χ1v) is 18.5. The fourth-order valence-corrected chi connectivity index (χ4v) is 8.82. The Morgan fingerprint density at radius 1 is 0.900 bits per heavy atom. The molecule has 16 heteroatoms. The topological polar surface area (TPSA) is 114 Å². The van der Waals surface area contributed by atoms with Gasteiger partial charge in [-0.15, -0.1) is 0 Å². The summed E-state index contributed by atoms with van der Waals surface area (Å²) in [6, 6.07) is 15.9. The van der Waals surface area contributed by atoms with E-state index in [1.165, 1.54) is 19.6 Å². The summed E-state index contributed by atoms with van der Waals surface area (Å²) < 4.78 is 77.1. The van der Waals surface area contributed by atoms with E-state index in [9.17, 15) is 31.5 Å². The average Bonchev–Trinajstić information content (AvgIpc) is 3.50. The van der Waals surface area contributed by atoms with E-state index in [4.69, 9.17) is 27.9 Å². The van der Waals surface area contributed by atoms with Gasteiger partial charge in [0, 0.05) is 54.9 Å². The maximum absolute atomic E-state index is 15.0. The average molecular weight is 757 g/mol. The van der Waals surface area contributed by atoms with Gasteiger partial charge in [-0.1, -0.05) is 53.5 Å². The quantitative estimate of drug-likeness (QED) is 0.294. The van der Waals surface area contributed by atoms with Crippen LogP contribution in [-0.2, 0) is 26.8 Å². The number of piperazine rings is 1. The fourth-order valence-electron chi connectivity index (χ4n) is 6.90. The number of aliphatic hydroxyl groups excluding tert-OH is 1. The summed E-state index contributed by atoms with van der Waals surface area (Å²) in [6.45, 7) is 1.98. The zero-order chi connectivity index (χ0) is 35.8. The molecule has 3 aromatic carbocycles. The molecular formula is C34H38Cl2F3N5O5S. The molecule has 1 amide bonds. The molecule has 0 aliphatic carbocycles. The highest BCUT2D eigenvalue weighted by Crippen LogP contribution is 2.46. The third-order valence-electron chi connectivity index (χ3n) is 9.41. The van der Waals surface area contributed by atoms with Crippen molar-refractivity contribution in [3.63, 3.8) is 0 Å². The first-order chi connectivity index (χ1) is 23.7. The van der Waals surface area contributed by atoms with Gasteiger partial charge in [0.2, 0.25) is 0 Å². The third-order valence-corrected chi connectivity index (χ3v) is 11.9. The molecule has 0 saturated carbocycles. The van der Waals surface area contributed by atoms with Crippen LogP contribution in [0.25, 0.3) is 0 Å².